The van der Waals surface area contributed by atoms with Gasteiger partial charge in [-0.05, 0) is 35.6 Å². The second-order valence-electron chi connectivity index (χ2n) is 7.10. The van der Waals surface area contributed by atoms with E-state index in [0.717, 1.165) is 11.1 Å². The van der Waals surface area contributed by atoms with Crippen molar-refractivity contribution >= 4 is 17.4 Å². The van der Waals surface area contributed by atoms with Crippen LogP contribution in [0, 0.1) is 24.1 Å². The summed E-state index contributed by atoms with van der Waals surface area (Å²) in [4.78, 5) is 12.3. The SMILES string of the molecule is Cc1ccc(F)c(NC(=O)C(C#N)=C(O)c2ccc(C(C)(C)C)cc2)c1. The Kier molecular flexibility index (Phi) is 5.47. The van der Waals surface area contributed by atoms with Gasteiger partial charge in [-0.15, -0.1) is 0 Å². The lowest BCUT2D eigenvalue weighted by Gasteiger charge is -2.19. The van der Waals surface area contributed by atoms with E-state index in [0.29, 0.717) is 5.56 Å². The normalized spacial score (nSPS) is 12.2. The van der Waals surface area contributed by atoms with Gasteiger partial charge in [-0.25, -0.2) is 4.39 Å². The van der Waals surface area contributed by atoms with Gasteiger partial charge in [0.1, 0.15) is 17.6 Å². The van der Waals surface area contributed by atoms with Crippen LogP contribution in [0.3, 0.4) is 0 Å². The summed E-state index contributed by atoms with van der Waals surface area (Å²) < 4.78 is 13.8. The fraction of sp³-hybridized carbons (Fsp3) is 0.238. The molecule has 0 saturated heterocycles. The highest BCUT2D eigenvalue weighted by atomic mass is 19.1. The van der Waals surface area contributed by atoms with Crippen LogP contribution in [-0.2, 0) is 10.2 Å². The van der Waals surface area contributed by atoms with Crippen molar-refractivity contribution in [1.82, 2.24) is 0 Å². The minimum Gasteiger partial charge on any atom is -0.506 e. The number of nitriles is 1. The number of anilines is 1. The number of hydrogen-bond donors (Lipinski definition) is 2. The average molecular weight is 352 g/mol. The Morgan fingerprint density at radius 2 is 1.77 bits per heavy atom. The molecule has 0 bridgehead atoms. The molecule has 0 heterocycles. The Labute approximate surface area is 152 Å². The van der Waals surface area contributed by atoms with E-state index in [1.807, 2.05) is 12.1 Å². The molecule has 2 aromatic carbocycles. The van der Waals surface area contributed by atoms with Crippen LogP contribution in [0.5, 0.6) is 0 Å². The van der Waals surface area contributed by atoms with E-state index in [2.05, 4.69) is 26.1 Å². The van der Waals surface area contributed by atoms with Gasteiger partial charge in [0.05, 0.1) is 5.69 Å². The summed E-state index contributed by atoms with van der Waals surface area (Å²) in [5.41, 5.74) is 1.57. The van der Waals surface area contributed by atoms with Crippen molar-refractivity contribution in [3.05, 3.63) is 70.5 Å². The Balaban J connectivity index is 2.34. The number of hydrogen-bond acceptors (Lipinski definition) is 3. The smallest absolute Gasteiger partial charge is 0.270 e. The topological polar surface area (TPSA) is 73.1 Å². The van der Waals surface area contributed by atoms with Gasteiger partial charge in [-0.2, -0.15) is 5.26 Å². The van der Waals surface area contributed by atoms with E-state index in [4.69, 9.17) is 0 Å². The number of rotatable bonds is 3. The zero-order valence-corrected chi connectivity index (χ0v) is 15.2. The number of aliphatic hydroxyl groups excluding tert-OH is 1. The van der Waals surface area contributed by atoms with Crippen LogP contribution in [0.1, 0.15) is 37.5 Å². The molecule has 0 aromatic heterocycles. The van der Waals surface area contributed by atoms with Crippen molar-refractivity contribution in [1.29, 1.82) is 5.26 Å². The average Bonchev–Trinajstić information content (AvgIpc) is 2.58. The van der Waals surface area contributed by atoms with E-state index in [1.165, 1.54) is 12.1 Å². The van der Waals surface area contributed by atoms with Crippen molar-refractivity contribution in [3.63, 3.8) is 0 Å². The highest BCUT2D eigenvalue weighted by Gasteiger charge is 2.19. The lowest BCUT2D eigenvalue weighted by atomic mass is 9.86. The van der Waals surface area contributed by atoms with Crippen molar-refractivity contribution < 1.29 is 14.3 Å². The Hall–Kier alpha value is -3.13. The van der Waals surface area contributed by atoms with E-state index < -0.39 is 23.1 Å². The van der Waals surface area contributed by atoms with Crippen molar-refractivity contribution in [2.45, 2.75) is 33.1 Å². The molecule has 2 rings (SSSR count). The molecule has 2 N–H and O–H groups in total. The van der Waals surface area contributed by atoms with Crippen molar-refractivity contribution in [3.8, 4) is 6.07 Å². The number of aliphatic hydroxyl groups is 1. The summed E-state index contributed by atoms with van der Waals surface area (Å²) in [6, 6.07) is 12.9. The predicted molar refractivity (Wildman–Crippen MR) is 100 cm³/mol. The minimum atomic E-state index is -0.866. The van der Waals surface area contributed by atoms with Gasteiger partial charge >= 0.3 is 0 Å². The maximum Gasteiger partial charge on any atom is 0.270 e. The zero-order valence-electron chi connectivity index (χ0n) is 15.2. The quantitative estimate of drug-likeness (QED) is 0.470. The molecule has 0 radical (unpaired) electrons. The number of benzene rings is 2. The molecule has 0 fully saturated rings. The second-order valence-corrected chi connectivity index (χ2v) is 7.10. The number of carbonyl (C=O) groups is 1. The first-order chi connectivity index (χ1) is 12.1. The van der Waals surface area contributed by atoms with E-state index >= 15 is 0 Å². The Bertz CT molecular complexity index is 901. The lowest BCUT2D eigenvalue weighted by molar-refractivity contribution is -0.112. The Morgan fingerprint density at radius 1 is 1.15 bits per heavy atom. The van der Waals surface area contributed by atoms with Gasteiger partial charge in [0.2, 0.25) is 0 Å². The van der Waals surface area contributed by atoms with Gasteiger partial charge in [-0.1, -0.05) is 51.1 Å². The fourth-order valence-electron chi connectivity index (χ4n) is 2.40. The molecular weight excluding hydrogens is 331 g/mol. The number of nitrogens with zero attached hydrogens (tertiary/aromatic N) is 1. The molecule has 0 unspecified atom stereocenters. The summed E-state index contributed by atoms with van der Waals surface area (Å²) in [5.74, 6) is -1.93. The molecule has 134 valence electrons. The molecule has 0 atom stereocenters. The molecule has 0 aliphatic heterocycles. The fourth-order valence-corrected chi connectivity index (χ4v) is 2.40. The molecule has 1 amide bonds. The maximum atomic E-state index is 13.8. The number of amides is 1. The molecule has 0 spiro atoms. The number of carbonyl (C=O) groups excluding carboxylic acids is 1. The minimum absolute atomic E-state index is 0.0429. The number of nitrogens with one attached hydrogen (secondary N) is 1. The maximum absolute atomic E-state index is 13.8. The summed E-state index contributed by atoms with van der Waals surface area (Å²) in [7, 11) is 0. The molecule has 0 saturated carbocycles. The largest absolute Gasteiger partial charge is 0.506 e. The highest BCUT2D eigenvalue weighted by Crippen LogP contribution is 2.25. The highest BCUT2D eigenvalue weighted by molar-refractivity contribution is 6.11. The molecule has 26 heavy (non-hydrogen) atoms. The van der Waals surface area contributed by atoms with E-state index in [-0.39, 0.29) is 11.1 Å². The molecule has 5 heteroatoms. The molecule has 2 aromatic rings. The molecule has 4 nitrogen and oxygen atoms in total. The summed E-state index contributed by atoms with van der Waals surface area (Å²) >= 11 is 0. The van der Waals surface area contributed by atoms with Crippen LogP contribution in [0.15, 0.2) is 48.0 Å². The first kappa shape index (κ1) is 19.2. The summed E-state index contributed by atoms with van der Waals surface area (Å²) in [5, 5.41) is 22.0. The third-order valence-electron chi connectivity index (χ3n) is 3.97. The first-order valence-electron chi connectivity index (χ1n) is 8.15. The summed E-state index contributed by atoms with van der Waals surface area (Å²) in [6.07, 6.45) is 0. The third kappa shape index (κ3) is 4.28. The van der Waals surface area contributed by atoms with Crippen LogP contribution in [0.2, 0.25) is 0 Å². The third-order valence-corrected chi connectivity index (χ3v) is 3.97. The second kappa shape index (κ2) is 7.40. The first-order valence-corrected chi connectivity index (χ1v) is 8.15. The van der Waals surface area contributed by atoms with Gasteiger partial charge in [0.25, 0.3) is 5.91 Å². The van der Waals surface area contributed by atoms with Crippen LogP contribution in [0.25, 0.3) is 5.76 Å². The van der Waals surface area contributed by atoms with Crippen LogP contribution in [-0.4, -0.2) is 11.0 Å². The molecule has 0 aliphatic carbocycles. The molecule has 0 aliphatic rings. The van der Waals surface area contributed by atoms with Gasteiger partial charge in [0.15, 0.2) is 5.57 Å². The van der Waals surface area contributed by atoms with Crippen molar-refractivity contribution in [2.24, 2.45) is 0 Å². The number of aryl methyl sites for hydroxylation is 1. The van der Waals surface area contributed by atoms with Gasteiger partial charge < -0.3 is 10.4 Å². The predicted octanol–water partition coefficient (Wildman–Crippen LogP) is 4.86. The standard InChI is InChI=1S/C21H21FN2O2/c1-13-5-10-17(22)18(11-13)24-20(26)16(12-23)19(25)14-6-8-15(9-7-14)21(2,3)4/h5-11,25H,1-4H3,(H,24,26). The van der Waals surface area contributed by atoms with Gasteiger partial charge in [0, 0.05) is 5.56 Å². The van der Waals surface area contributed by atoms with Crippen LogP contribution < -0.4 is 5.32 Å². The monoisotopic (exact) mass is 352 g/mol. The lowest BCUT2D eigenvalue weighted by Crippen LogP contribution is -2.16. The van der Waals surface area contributed by atoms with E-state index in [1.54, 1.807) is 31.2 Å². The molecular formula is C21H21FN2O2. The van der Waals surface area contributed by atoms with Crippen molar-refractivity contribution in [2.75, 3.05) is 5.32 Å². The zero-order chi connectivity index (χ0) is 19.5. The van der Waals surface area contributed by atoms with Crippen LogP contribution in [0.4, 0.5) is 10.1 Å². The number of halogens is 1. The van der Waals surface area contributed by atoms with Crippen LogP contribution >= 0.6 is 0 Å². The van der Waals surface area contributed by atoms with E-state index in [9.17, 15) is 19.6 Å². The van der Waals surface area contributed by atoms with Gasteiger partial charge in [-0.3, -0.25) is 4.79 Å². The Morgan fingerprint density at radius 3 is 2.31 bits per heavy atom. The summed E-state index contributed by atoms with van der Waals surface area (Å²) in [6.45, 7) is 7.93.